The standard InChI is InChI=1S/C24H22N4O4/c1-15-6-5-9-17(12-15)27-21(29)19-11-10-18(13-20(19)22(27)30)28-24(32)26(23(31)25-28)14-16-7-3-2-4-8-16/h2-12,18-20H,13-14H2,1H3,(H,25,31)/t18-,19-,20+/m1/s1. The quantitative estimate of drug-likeness (QED) is 0.506. The molecule has 0 unspecified atom stereocenters. The Labute approximate surface area is 183 Å². The summed E-state index contributed by atoms with van der Waals surface area (Å²) in [5.74, 6) is -1.68. The van der Waals surface area contributed by atoms with E-state index in [1.807, 2.05) is 49.4 Å². The molecule has 2 amide bonds. The molecule has 1 saturated heterocycles. The zero-order valence-corrected chi connectivity index (χ0v) is 17.5. The molecule has 0 bridgehead atoms. The first-order chi connectivity index (χ1) is 15.4. The van der Waals surface area contributed by atoms with E-state index in [2.05, 4.69) is 5.10 Å². The molecule has 1 N–H and O–H groups in total. The highest BCUT2D eigenvalue weighted by Crippen LogP contribution is 2.39. The third-order valence-corrected chi connectivity index (χ3v) is 6.19. The average Bonchev–Trinajstić information content (AvgIpc) is 3.21. The number of imide groups is 1. The van der Waals surface area contributed by atoms with E-state index in [1.54, 1.807) is 24.3 Å². The van der Waals surface area contributed by atoms with Crippen molar-refractivity contribution in [3.8, 4) is 0 Å². The van der Waals surface area contributed by atoms with Gasteiger partial charge in [-0.1, -0.05) is 54.6 Å². The minimum Gasteiger partial charge on any atom is -0.274 e. The van der Waals surface area contributed by atoms with Gasteiger partial charge in [-0.05, 0) is 36.6 Å². The molecule has 8 nitrogen and oxygen atoms in total. The van der Waals surface area contributed by atoms with Gasteiger partial charge in [0.2, 0.25) is 11.8 Å². The summed E-state index contributed by atoms with van der Waals surface area (Å²) in [6, 6.07) is 16.0. The summed E-state index contributed by atoms with van der Waals surface area (Å²) >= 11 is 0. The number of hydrogen-bond acceptors (Lipinski definition) is 4. The monoisotopic (exact) mass is 430 g/mol. The van der Waals surface area contributed by atoms with Crippen molar-refractivity contribution in [3.63, 3.8) is 0 Å². The maximum atomic E-state index is 13.1. The molecule has 3 aromatic rings. The molecule has 2 heterocycles. The van der Waals surface area contributed by atoms with E-state index in [0.29, 0.717) is 5.69 Å². The molecular weight excluding hydrogens is 408 g/mol. The van der Waals surface area contributed by atoms with Crippen LogP contribution in [-0.4, -0.2) is 26.2 Å². The van der Waals surface area contributed by atoms with Crippen molar-refractivity contribution in [2.24, 2.45) is 11.8 Å². The van der Waals surface area contributed by atoms with Gasteiger partial charge in [0.05, 0.1) is 30.1 Å². The highest BCUT2D eigenvalue weighted by atomic mass is 16.2. The van der Waals surface area contributed by atoms with E-state index in [4.69, 9.17) is 0 Å². The molecule has 2 aliphatic rings. The number of nitrogens with zero attached hydrogens (tertiary/aromatic N) is 3. The summed E-state index contributed by atoms with van der Waals surface area (Å²) in [6.07, 6.45) is 3.68. The lowest BCUT2D eigenvalue weighted by Crippen LogP contribution is -2.33. The van der Waals surface area contributed by atoms with Gasteiger partial charge in [-0.2, -0.15) is 0 Å². The number of aromatic nitrogens is 3. The number of amides is 2. The van der Waals surface area contributed by atoms with E-state index < -0.39 is 29.3 Å². The number of benzene rings is 2. The minimum absolute atomic E-state index is 0.156. The normalized spacial score (nSPS) is 22.4. The number of carbonyl (C=O) groups is 2. The number of rotatable bonds is 4. The Morgan fingerprint density at radius 3 is 2.47 bits per heavy atom. The van der Waals surface area contributed by atoms with Crippen LogP contribution in [0.25, 0.3) is 0 Å². The summed E-state index contributed by atoms with van der Waals surface area (Å²) in [6.45, 7) is 2.06. The summed E-state index contributed by atoms with van der Waals surface area (Å²) in [5.41, 5.74) is 1.36. The number of aromatic amines is 1. The molecule has 32 heavy (non-hydrogen) atoms. The molecule has 1 fully saturated rings. The van der Waals surface area contributed by atoms with Crippen molar-refractivity contribution in [3.05, 3.63) is 98.8 Å². The molecule has 0 radical (unpaired) electrons. The molecule has 1 aliphatic heterocycles. The van der Waals surface area contributed by atoms with Crippen LogP contribution in [0.3, 0.4) is 0 Å². The zero-order chi connectivity index (χ0) is 22.4. The second-order valence-electron chi connectivity index (χ2n) is 8.31. The van der Waals surface area contributed by atoms with E-state index in [1.165, 1.54) is 9.58 Å². The SMILES string of the molecule is Cc1cccc(N2C(=O)[C@H]3C[C@H](n4[nH]c(=O)n(Cc5ccccc5)c4=O)C=C[C@H]3C2=O)c1. The van der Waals surface area contributed by atoms with Crippen molar-refractivity contribution >= 4 is 17.5 Å². The first-order valence-electron chi connectivity index (χ1n) is 10.5. The van der Waals surface area contributed by atoms with Crippen LogP contribution in [0, 0.1) is 18.8 Å². The van der Waals surface area contributed by atoms with E-state index >= 15 is 0 Å². The van der Waals surface area contributed by atoms with Crippen molar-refractivity contribution in [2.75, 3.05) is 4.90 Å². The highest BCUT2D eigenvalue weighted by molar-refractivity contribution is 6.22. The van der Waals surface area contributed by atoms with Crippen molar-refractivity contribution in [1.82, 2.24) is 14.3 Å². The fourth-order valence-electron chi connectivity index (χ4n) is 4.57. The van der Waals surface area contributed by atoms with Crippen LogP contribution in [0.1, 0.15) is 23.6 Å². The van der Waals surface area contributed by atoms with Crippen LogP contribution in [0.2, 0.25) is 0 Å². The summed E-state index contributed by atoms with van der Waals surface area (Å²) in [4.78, 5) is 52.7. The van der Waals surface area contributed by atoms with Crippen LogP contribution in [0.5, 0.6) is 0 Å². The largest absolute Gasteiger partial charge is 0.347 e. The number of hydrogen-bond donors (Lipinski definition) is 1. The van der Waals surface area contributed by atoms with Gasteiger partial charge in [-0.3, -0.25) is 9.59 Å². The first kappa shape index (κ1) is 20.0. The summed E-state index contributed by atoms with van der Waals surface area (Å²) in [5, 5.41) is 2.61. The third kappa shape index (κ3) is 3.24. The highest BCUT2D eigenvalue weighted by Gasteiger charge is 2.49. The second-order valence-corrected chi connectivity index (χ2v) is 8.31. The van der Waals surface area contributed by atoms with Crippen molar-refractivity contribution in [1.29, 1.82) is 0 Å². The lowest BCUT2D eigenvalue weighted by molar-refractivity contribution is -0.122. The summed E-state index contributed by atoms with van der Waals surface area (Å²) in [7, 11) is 0. The first-order valence-corrected chi connectivity index (χ1v) is 10.5. The molecule has 1 aliphatic carbocycles. The lowest BCUT2D eigenvalue weighted by atomic mass is 9.84. The summed E-state index contributed by atoms with van der Waals surface area (Å²) < 4.78 is 2.39. The Morgan fingerprint density at radius 2 is 1.72 bits per heavy atom. The van der Waals surface area contributed by atoms with Crippen LogP contribution in [0.4, 0.5) is 5.69 Å². The van der Waals surface area contributed by atoms with Gasteiger partial charge in [-0.25, -0.2) is 28.8 Å². The predicted molar refractivity (Wildman–Crippen MR) is 118 cm³/mol. The average molecular weight is 430 g/mol. The fraction of sp³-hybridized carbons (Fsp3) is 0.250. The van der Waals surface area contributed by atoms with Gasteiger partial charge in [0.25, 0.3) is 0 Å². The van der Waals surface area contributed by atoms with Crippen LogP contribution in [0.15, 0.2) is 76.3 Å². The maximum Gasteiger partial charge on any atom is 0.347 e. The molecule has 5 rings (SSSR count). The molecular formula is C24H22N4O4. The third-order valence-electron chi connectivity index (χ3n) is 6.19. The number of fused-ring (bicyclic) bond motifs is 1. The Hall–Kier alpha value is -3.94. The van der Waals surface area contributed by atoms with Gasteiger partial charge in [0.1, 0.15) is 0 Å². The molecule has 0 spiro atoms. The maximum absolute atomic E-state index is 13.1. The van der Waals surface area contributed by atoms with Gasteiger partial charge in [-0.15, -0.1) is 0 Å². The number of allylic oxidation sites excluding steroid dienone is 1. The van der Waals surface area contributed by atoms with Crippen LogP contribution >= 0.6 is 0 Å². The number of anilines is 1. The van der Waals surface area contributed by atoms with Gasteiger partial charge >= 0.3 is 11.4 Å². The Morgan fingerprint density at radius 1 is 0.938 bits per heavy atom. The Balaban J connectivity index is 1.43. The lowest BCUT2D eigenvalue weighted by Gasteiger charge is -2.23. The zero-order valence-electron chi connectivity index (χ0n) is 17.5. The van der Waals surface area contributed by atoms with E-state index in [-0.39, 0.29) is 24.8 Å². The van der Waals surface area contributed by atoms with Crippen molar-refractivity contribution in [2.45, 2.75) is 25.9 Å². The number of nitrogens with one attached hydrogen (secondary N) is 1. The molecule has 3 atom stereocenters. The van der Waals surface area contributed by atoms with Crippen LogP contribution < -0.4 is 16.3 Å². The molecule has 2 aromatic carbocycles. The Bertz CT molecular complexity index is 1350. The molecule has 1 aromatic heterocycles. The predicted octanol–water partition coefficient (Wildman–Crippen LogP) is 2.00. The van der Waals surface area contributed by atoms with Gasteiger partial charge in [0, 0.05) is 0 Å². The topological polar surface area (TPSA) is 97.2 Å². The smallest absolute Gasteiger partial charge is 0.274 e. The molecule has 8 heteroatoms. The minimum atomic E-state index is -0.578. The number of aryl methyl sites for hydroxylation is 1. The van der Waals surface area contributed by atoms with Gasteiger partial charge in [0.15, 0.2) is 0 Å². The van der Waals surface area contributed by atoms with E-state index in [0.717, 1.165) is 15.7 Å². The second kappa shape index (κ2) is 7.64. The van der Waals surface area contributed by atoms with Crippen LogP contribution in [-0.2, 0) is 16.1 Å². The Kier molecular flexibility index (Phi) is 4.77. The molecule has 0 saturated carbocycles. The fourth-order valence-corrected chi connectivity index (χ4v) is 4.57. The van der Waals surface area contributed by atoms with E-state index in [9.17, 15) is 19.2 Å². The van der Waals surface area contributed by atoms with Crippen molar-refractivity contribution < 1.29 is 9.59 Å². The van der Waals surface area contributed by atoms with Gasteiger partial charge < -0.3 is 0 Å². The molecule has 162 valence electrons. The number of H-pyrrole nitrogens is 1. The number of carbonyl (C=O) groups excluding carboxylic acids is 2.